The van der Waals surface area contributed by atoms with E-state index in [0.29, 0.717) is 12.0 Å². The van der Waals surface area contributed by atoms with Crippen molar-refractivity contribution in [2.45, 2.75) is 31.2 Å². The Labute approximate surface area is 89.5 Å². The number of nitrogens with two attached hydrogens (primary N) is 1. The lowest BCUT2D eigenvalue weighted by atomic mass is 10.3. The first-order valence-corrected chi connectivity index (χ1v) is 5.66. The molecule has 4 heteroatoms. The molecule has 1 unspecified atom stereocenters. The van der Waals surface area contributed by atoms with E-state index in [9.17, 15) is 0 Å². The average Bonchev–Trinajstić information content (AvgIpc) is 3.02. The zero-order valence-electron chi connectivity index (χ0n) is 8.76. The van der Waals surface area contributed by atoms with E-state index >= 15 is 0 Å². The van der Waals surface area contributed by atoms with Crippen LogP contribution >= 0.6 is 0 Å². The van der Waals surface area contributed by atoms with E-state index in [-0.39, 0.29) is 0 Å². The summed E-state index contributed by atoms with van der Waals surface area (Å²) in [5, 5.41) is 0. The second-order valence-corrected chi connectivity index (χ2v) is 4.54. The number of anilines is 1. The molecule has 0 bridgehead atoms. The topological polar surface area (TPSA) is 55.0 Å². The second kappa shape index (κ2) is 3.45. The molecule has 80 valence electrons. The van der Waals surface area contributed by atoms with E-state index in [1.54, 1.807) is 0 Å². The molecular formula is C11H16N4. The normalized spacial score (nSPS) is 25.9. The van der Waals surface area contributed by atoms with Crippen molar-refractivity contribution in [3.8, 4) is 0 Å². The third-order valence-corrected chi connectivity index (χ3v) is 3.15. The average molecular weight is 204 g/mol. The Morgan fingerprint density at radius 3 is 2.87 bits per heavy atom. The fourth-order valence-electron chi connectivity index (χ4n) is 2.07. The molecule has 0 aromatic carbocycles. The first kappa shape index (κ1) is 9.09. The molecule has 3 rings (SSSR count). The van der Waals surface area contributed by atoms with Crippen molar-refractivity contribution in [3.63, 3.8) is 0 Å². The summed E-state index contributed by atoms with van der Waals surface area (Å²) in [5.74, 6) is 2.70. The van der Waals surface area contributed by atoms with E-state index < -0.39 is 0 Å². The monoisotopic (exact) mass is 204 g/mol. The number of aromatic nitrogens is 2. The Balaban J connectivity index is 1.81. The molecular weight excluding hydrogens is 188 g/mol. The zero-order chi connectivity index (χ0) is 10.3. The van der Waals surface area contributed by atoms with Gasteiger partial charge in [-0.3, -0.25) is 0 Å². The fraction of sp³-hybridized carbons (Fsp3) is 0.636. The van der Waals surface area contributed by atoms with Crippen LogP contribution in [0.5, 0.6) is 0 Å². The minimum Gasteiger partial charge on any atom is -0.355 e. The van der Waals surface area contributed by atoms with Gasteiger partial charge in [0.05, 0.1) is 0 Å². The number of hydrogen-bond acceptors (Lipinski definition) is 4. The van der Waals surface area contributed by atoms with Crippen LogP contribution in [0.2, 0.25) is 0 Å². The van der Waals surface area contributed by atoms with Gasteiger partial charge < -0.3 is 10.6 Å². The van der Waals surface area contributed by atoms with Crippen molar-refractivity contribution in [3.05, 3.63) is 18.1 Å². The van der Waals surface area contributed by atoms with Crippen molar-refractivity contribution in [2.75, 3.05) is 18.0 Å². The standard InChI is InChI=1S/C11H16N4/c12-9-4-6-15(7-9)10-3-5-13-11(14-10)8-1-2-8/h3,5,8-9H,1-2,4,6-7,12H2. The highest BCUT2D eigenvalue weighted by Gasteiger charge is 2.27. The first-order chi connectivity index (χ1) is 7.33. The molecule has 2 N–H and O–H groups in total. The van der Waals surface area contributed by atoms with E-state index in [1.807, 2.05) is 12.3 Å². The number of hydrogen-bond donors (Lipinski definition) is 1. The summed E-state index contributed by atoms with van der Waals surface area (Å²) >= 11 is 0. The summed E-state index contributed by atoms with van der Waals surface area (Å²) in [7, 11) is 0. The van der Waals surface area contributed by atoms with Gasteiger partial charge in [-0.25, -0.2) is 9.97 Å². The van der Waals surface area contributed by atoms with Crippen LogP contribution < -0.4 is 10.6 Å². The molecule has 1 saturated heterocycles. The highest BCUT2D eigenvalue weighted by atomic mass is 15.2. The zero-order valence-corrected chi connectivity index (χ0v) is 8.76. The van der Waals surface area contributed by atoms with Crippen LogP contribution in [-0.2, 0) is 0 Å². The molecule has 1 saturated carbocycles. The van der Waals surface area contributed by atoms with Gasteiger partial charge in [-0.2, -0.15) is 0 Å². The highest BCUT2D eigenvalue weighted by Crippen LogP contribution is 2.38. The second-order valence-electron chi connectivity index (χ2n) is 4.54. The summed E-state index contributed by atoms with van der Waals surface area (Å²) < 4.78 is 0. The van der Waals surface area contributed by atoms with Gasteiger partial charge >= 0.3 is 0 Å². The third kappa shape index (κ3) is 1.81. The van der Waals surface area contributed by atoms with Crippen LogP contribution in [0.4, 0.5) is 5.82 Å². The molecule has 1 aliphatic carbocycles. The lowest BCUT2D eigenvalue weighted by molar-refractivity contribution is 0.750. The van der Waals surface area contributed by atoms with Gasteiger partial charge in [0.15, 0.2) is 0 Å². The van der Waals surface area contributed by atoms with Crippen LogP contribution in [0.3, 0.4) is 0 Å². The summed E-state index contributed by atoms with van der Waals surface area (Å²) in [6.45, 7) is 1.96. The molecule has 4 nitrogen and oxygen atoms in total. The van der Waals surface area contributed by atoms with Crippen LogP contribution in [0.25, 0.3) is 0 Å². The minimum atomic E-state index is 0.310. The number of nitrogens with zero attached hydrogens (tertiary/aromatic N) is 3. The van der Waals surface area contributed by atoms with Gasteiger partial charge in [-0.15, -0.1) is 0 Å². The minimum absolute atomic E-state index is 0.310. The summed E-state index contributed by atoms with van der Waals surface area (Å²) in [6, 6.07) is 2.30. The maximum Gasteiger partial charge on any atom is 0.133 e. The molecule has 2 fully saturated rings. The van der Waals surface area contributed by atoms with Gasteiger partial charge in [0.25, 0.3) is 0 Å². The van der Waals surface area contributed by atoms with E-state index in [1.165, 1.54) is 12.8 Å². The lowest BCUT2D eigenvalue weighted by Gasteiger charge is -2.16. The van der Waals surface area contributed by atoms with Gasteiger partial charge in [-0.05, 0) is 25.3 Å². The van der Waals surface area contributed by atoms with Crippen LogP contribution in [0, 0.1) is 0 Å². The molecule has 0 amide bonds. The maximum absolute atomic E-state index is 5.89. The molecule has 0 spiro atoms. The molecule has 0 radical (unpaired) electrons. The number of rotatable bonds is 2. The Hall–Kier alpha value is -1.16. The van der Waals surface area contributed by atoms with E-state index in [0.717, 1.165) is 31.2 Å². The fourth-order valence-corrected chi connectivity index (χ4v) is 2.07. The molecule has 2 heterocycles. The van der Waals surface area contributed by atoms with Crippen molar-refractivity contribution in [2.24, 2.45) is 5.73 Å². The maximum atomic E-state index is 5.89. The summed E-state index contributed by atoms with van der Waals surface area (Å²) in [4.78, 5) is 11.2. The molecule has 1 aromatic heterocycles. The van der Waals surface area contributed by atoms with Gasteiger partial charge in [-0.1, -0.05) is 0 Å². The van der Waals surface area contributed by atoms with E-state index in [4.69, 9.17) is 5.73 Å². The molecule has 1 atom stereocenters. The Kier molecular flexibility index (Phi) is 2.09. The highest BCUT2D eigenvalue weighted by molar-refractivity contribution is 5.39. The van der Waals surface area contributed by atoms with E-state index in [2.05, 4.69) is 14.9 Å². The predicted molar refractivity (Wildman–Crippen MR) is 58.8 cm³/mol. The van der Waals surface area contributed by atoms with Crippen molar-refractivity contribution < 1.29 is 0 Å². The lowest BCUT2D eigenvalue weighted by Crippen LogP contribution is -2.27. The molecule has 1 aliphatic heterocycles. The van der Waals surface area contributed by atoms with Gasteiger partial charge in [0, 0.05) is 31.2 Å². The summed E-state index contributed by atoms with van der Waals surface area (Å²) in [5.41, 5.74) is 5.89. The van der Waals surface area contributed by atoms with Crippen LogP contribution in [0.1, 0.15) is 31.0 Å². The molecule has 15 heavy (non-hydrogen) atoms. The van der Waals surface area contributed by atoms with Gasteiger partial charge in [0.2, 0.25) is 0 Å². The third-order valence-electron chi connectivity index (χ3n) is 3.15. The molecule has 1 aromatic rings. The van der Waals surface area contributed by atoms with Crippen LogP contribution in [-0.4, -0.2) is 29.1 Å². The van der Waals surface area contributed by atoms with Crippen molar-refractivity contribution >= 4 is 5.82 Å². The Bertz CT molecular complexity index is 361. The van der Waals surface area contributed by atoms with Crippen molar-refractivity contribution in [1.82, 2.24) is 9.97 Å². The largest absolute Gasteiger partial charge is 0.355 e. The molecule has 2 aliphatic rings. The van der Waals surface area contributed by atoms with Crippen LogP contribution in [0.15, 0.2) is 12.3 Å². The smallest absolute Gasteiger partial charge is 0.133 e. The van der Waals surface area contributed by atoms with Gasteiger partial charge in [0.1, 0.15) is 11.6 Å². The summed E-state index contributed by atoms with van der Waals surface area (Å²) in [6.07, 6.45) is 5.45. The van der Waals surface area contributed by atoms with Crippen molar-refractivity contribution in [1.29, 1.82) is 0 Å². The SMILES string of the molecule is NC1CCN(c2ccnc(C3CC3)n2)C1. The predicted octanol–water partition coefficient (Wildman–Crippen LogP) is 0.891. The quantitative estimate of drug-likeness (QED) is 0.777. The Morgan fingerprint density at radius 1 is 1.33 bits per heavy atom. The Morgan fingerprint density at radius 2 is 2.20 bits per heavy atom. The first-order valence-electron chi connectivity index (χ1n) is 5.66.